The van der Waals surface area contributed by atoms with E-state index in [1.54, 1.807) is 11.8 Å². The molecule has 1 aromatic heterocycles. The van der Waals surface area contributed by atoms with Gasteiger partial charge in [0.05, 0.1) is 5.69 Å². The highest BCUT2D eigenvalue weighted by Gasteiger charge is 2.06. The zero-order chi connectivity index (χ0) is 13.1. The Labute approximate surface area is 117 Å². The van der Waals surface area contributed by atoms with Gasteiger partial charge in [-0.2, -0.15) is 0 Å². The highest BCUT2D eigenvalue weighted by atomic mass is 35.5. The minimum Gasteiger partial charge on any atom is -0.398 e. The van der Waals surface area contributed by atoms with Gasteiger partial charge in [0.25, 0.3) is 0 Å². The Morgan fingerprint density at radius 1 is 1.22 bits per heavy atom. The Hall–Kier alpha value is -1.19. The number of hydrogen-bond acceptors (Lipinski definition) is 3. The molecule has 2 rings (SSSR count). The Kier molecular flexibility index (Phi) is 4.15. The molecule has 0 fully saturated rings. The van der Waals surface area contributed by atoms with Gasteiger partial charge < -0.3 is 5.73 Å². The lowest BCUT2D eigenvalue weighted by Gasteiger charge is -2.09. The summed E-state index contributed by atoms with van der Waals surface area (Å²) in [5.41, 5.74) is 10.0. The van der Waals surface area contributed by atoms with Crippen molar-refractivity contribution in [2.75, 3.05) is 5.73 Å². The monoisotopic (exact) mass is 278 g/mol. The maximum atomic E-state index is 6.00. The summed E-state index contributed by atoms with van der Waals surface area (Å²) in [6, 6.07) is 7.82. The molecule has 0 aliphatic rings. The van der Waals surface area contributed by atoms with E-state index >= 15 is 0 Å². The van der Waals surface area contributed by atoms with Crippen LogP contribution in [0.3, 0.4) is 0 Å². The van der Waals surface area contributed by atoms with E-state index in [9.17, 15) is 0 Å². The number of hydrogen-bond donors (Lipinski definition) is 1. The first-order valence-corrected chi connectivity index (χ1v) is 7.03. The number of aromatic nitrogens is 1. The molecule has 0 radical (unpaired) electrons. The SMILES string of the molecule is Cc1cnc(CSc2ccc(Cl)cc2)c(C)c1N. The number of thioether (sulfide) groups is 1. The first kappa shape index (κ1) is 13.2. The average molecular weight is 279 g/mol. The Morgan fingerprint density at radius 3 is 2.56 bits per heavy atom. The van der Waals surface area contributed by atoms with Crippen LogP contribution in [0.25, 0.3) is 0 Å². The molecule has 0 bridgehead atoms. The van der Waals surface area contributed by atoms with Gasteiger partial charge in [0.2, 0.25) is 0 Å². The van der Waals surface area contributed by atoms with Crippen LogP contribution in [0.1, 0.15) is 16.8 Å². The molecule has 0 saturated heterocycles. The highest BCUT2D eigenvalue weighted by Crippen LogP contribution is 2.27. The number of pyridine rings is 1. The molecule has 2 nitrogen and oxygen atoms in total. The summed E-state index contributed by atoms with van der Waals surface area (Å²) in [4.78, 5) is 5.62. The van der Waals surface area contributed by atoms with Crippen LogP contribution in [0.5, 0.6) is 0 Å². The fraction of sp³-hybridized carbons (Fsp3) is 0.214. The predicted molar refractivity (Wildman–Crippen MR) is 79.1 cm³/mol. The zero-order valence-electron chi connectivity index (χ0n) is 10.4. The molecule has 0 saturated carbocycles. The third kappa shape index (κ3) is 2.98. The van der Waals surface area contributed by atoms with Gasteiger partial charge >= 0.3 is 0 Å². The van der Waals surface area contributed by atoms with E-state index in [1.807, 2.05) is 44.3 Å². The molecule has 4 heteroatoms. The molecule has 2 N–H and O–H groups in total. The predicted octanol–water partition coefficient (Wildman–Crippen LogP) is 4.23. The quantitative estimate of drug-likeness (QED) is 0.854. The Balaban J connectivity index is 2.11. The summed E-state index contributed by atoms with van der Waals surface area (Å²) >= 11 is 7.59. The van der Waals surface area contributed by atoms with Gasteiger partial charge in [0, 0.05) is 27.6 Å². The molecule has 0 aliphatic carbocycles. The molecule has 18 heavy (non-hydrogen) atoms. The largest absolute Gasteiger partial charge is 0.398 e. The van der Waals surface area contributed by atoms with Crippen molar-refractivity contribution in [1.82, 2.24) is 4.98 Å². The fourth-order valence-corrected chi connectivity index (χ4v) is 2.67. The second kappa shape index (κ2) is 5.63. The van der Waals surface area contributed by atoms with E-state index in [1.165, 1.54) is 4.90 Å². The molecule has 0 spiro atoms. The van der Waals surface area contributed by atoms with Crippen molar-refractivity contribution in [2.24, 2.45) is 0 Å². The van der Waals surface area contributed by atoms with Gasteiger partial charge in [-0.15, -0.1) is 11.8 Å². The van der Waals surface area contributed by atoms with Crippen LogP contribution in [-0.4, -0.2) is 4.98 Å². The van der Waals surface area contributed by atoms with Gasteiger partial charge in [-0.1, -0.05) is 11.6 Å². The lowest BCUT2D eigenvalue weighted by atomic mass is 10.1. The molecule has 0 atom stereocenters. The van der Waals surface area contributed by atoms with E-state index in [2.05, 4.69) is 4.98 Å². The number of nitrogens with two attached hydrogens (primary N) is 1. The van der Waals surface area contributed by atoms with E-state index in [4.69, 9.17) is 17.3 Å². The summed E-state index contributed by atoms with van der Waals surface area (Å²) in [6.45, 7) is 4.00. The van der Waals surface area contributed by atoms with E-state index in [-0.39, 0.29) is 0 Å². The first-order valence-electron chi connectivity index (χ1n) is 5.67. The molecular formula is C14H15ClN2S. The van der Waals surface area contributed by atoms with Crippen molar-refractivity contribution >= 4 is 29.1 Å². The van der Waals surface area contributed by atoms with E-state index in [0.717, 1.165) is 33.3 Å². The molecular weight excluding hydrogens is 264 g/mol. The number of halogens is 1. The maximum absolute atomic E-state index is 6.00. The number of benzene rings is 1. The normalized spacial score (nSPS) is 10.6. The highest BCUT2D eigenvalue weighted by molar-refractivity contribution is 7.98. The first-order chi connectivity index (χ1) is 8.58. The fourth-order valence-electron chi connectivity index (χ4n) is 1.62. The summed E-state index contributed by atoms with van der Waals surface area (Å²) in [5, 5.41) is 0.758. The molecule has 94 valence electrons. The number of nitrogen functional groups attached to an aromatic ring is 1. The van der Waals surface area contributed by atoms with Crippen LogP contribution in [0.2, 0.25) is 5.02 Å². The summed E-state index contributed by atoms with van der Waals surface area (Å²) in [6.07, 6.45) is 1.83. The van der Waals surface area contributed by atoms with Crippen LogP contribution in [0, 0.1) is 13.8 Å². The third-order valence-electron chi connectivity index (χ3n) is 2.86. The number of aryl methyl sites for hydroxylation is 1. The molecule has 2 aromatic rings. The minimum absolute atomic E-state index is 0.758. The number of rotatable bonds is 3. The number of anilines is 1. The van der Waals surface area contributed by atoms with Gasteiger partial charge in [0.1, 0.15) is 0 Å². The van der Waals surface area contributed by atoms with Gasteiger partial charge in [-0.3, -0.25) is 4.98 Å². The number of nitrogens with zero attached hydrogens (tertiary/aromatic N) is 1. The lowest BCUT2D eigenvalue weighted by molar-refractivity contribution is 1.11. The van der Waals surface area contributed by atoms with Crippen molar-refractivity contribution in [3.8, 4) is 0 Å². The topological polar surface area (TPSA) is 38.9 Å². The second-order valence-electron chi connectivity index (χ2n) is 4.17. The van der Waals surface area contributed by atoms with Gasteiger partial charge in [-0.25, -0.2) is 0 Å². The molecule has 1 aromatic carbocycles. The Morgan fingerprint density at radius 2 is 1.89 bits per heavy atom. The van der Waals surface area contributed by atoms with Gasteiger partial charge in [-0.05, 0) is 49.2 Å². The second-order valence-corrected chi connectivity index (χ2v) is 5.65. The summed E-state index contributed by atoms with van der Waals surface area (Å²) in [7, 11) is 0. The van der Waals surface area contributed by atoms with E-state index in [0.29, 0.717) is 0 Å². The standard InChI is InChI=1S/C14H15ClN2S/c1-9-7-17-13(10(2)14(9)16)8-18-12-5-3-11(15)4-6-12/h3-7H,8H2,1-2H3,(H2,16,17). The minimum atomic E-state index is 0.758. The average Bonchev–Trinajstić information content (AvgIpc) is 2.37. The summed E-state index contributed by atoms with van der Waals surface area (Å²) in [5.74, 6) is 0.817. The van der Waals surface area contributed by atoms with Crippen molar-refractivity contribution in [2.45, 2.75) is 24.5 Å². The van der Waals surface area contributed by atoms with Crippen LogP contribution in [-0.2, 0) is 5.75 Å². The van der Waals surface area contributed by atoms with Crippen molar-refractivity contribution in [1.29, 1.82) is 0 Å². The van der Waals surface area contributed by atoms with Crippen molar-refractivity contribution < 1.29 is 0 Å². The van der Waals surface area contributed by atoms with Crippen LogP contribution in [0.4, 0.5) is 5.69 Å². The maximum Gasteiger partial charge on any atom is 0.0556 e. The molecule has 0 unspecified atom stereocenters. The zero-order valence-corrected chi connectivity index (χ0v) is 12.0. The Bertz CT molecular complexity index is 552. The molecule has 0 amide bonds. The van der Waals surface area contributed by atoms with Crippen LogP contribution >= 0.6 is 23.4 Å². The van der Waals surface area contributed by atoms with E-state index < -0.39 is 0 Å². The van der Waals surface area contributed by atoms with Crippen molar-refractivity contribution in [3.05, 3.63) is 52.3 Å². The van der Waals surface area contributed by atoms with Crippen LogP contribution < -0.4 is 5.73 Å². The molecule has 1 heterocycles. The van der Waals surface area contributed by atoms with Crippen LogP contribution in [0.15, 0.2) is 35.4 Å². The smallest absolute Gasteiger partial charge is 0.0556 e. The molecule has 0 aliphatic heterocycles. The van der Waals surface area contributed by atoms with Gasteiger partial charge in [0.15, 0.2) is 0 Å². The van der Waals surface area contributed by atoms with Crippen molar-refractivity contribution in [3.63, 3.8) is 0 Å². The third-order valence-corrected chi connectivity index (χ3v) is 4.14. The lowest BCUT2D eigenvalue weighted by Crippen LogP contribution is -2.00. The summed E-state index contributed by atoms with van der Waals surface area (Å²) < 4.78 is 0.